The maximum atomic E-state index is 12.4. The van der Waals surface area contributed by atoms with Crippen molar-refractivity contribution in [3.63, 3.8) is 0 Å². The molecular weight excluding hydrogens is 330 g/mol. The number of aromatic nitrogens is 1. The van der Waals surface area contributed by atoms with Gasteiger partial charge in [0.1, 0.15) is 12.3 Å². The largest absolute Gasteiger partial charge is 0.459 e. The minimum Gasteiger partial charge on any atom is -0.459 e. The lowest BCUT2D eigenvalue weighted by Gasteiger charge is -2.17. The van der Waals surface area contributed by atoms with Gasteiger partial charge in [0.15, 0.2) is 5.78 Å². The van der Waals surface area contributed by atoms with Crippen LogP contribution >= 0.6 is 0 Å². The Balaban J connectivity index is 1.95. The van der Waals surface area contributed by atoms with Crippen molar-refractivity contribution in [3.8, 4) is 0 Å². The van der Waals surface area contributed by atoms with E-state index >= 15 is 0 Å². The Labute approximate surface area is 153 Å². The summed E-state index contributed by atoms with van der Waals surface area (Å²) in [6.07, 6.45) is 2.09. The van der Waals surface area contributed by atoms with Crippen LogP contribution in [0.5, 0.6) is 0 Å². The van der Waals surface area contributed by atoms with Crippen molar-refractivity contribution in [2.75, 3.05) is 13.2 Å². The summed E-state index contributed by atoms with van der Waals surface area (Å²) in [7, 11) is 0. The van der Waals surface area contributed by atoms with Crippen LogP contribution in [0.1, 0.15) is 70.3 Å². The summed E-state index contributed by atoms with van der Waals surface area (Å²) in [5.41, 5.74) is 4.26. The molecule has 1 aromatic carbocycles. The zero-order valence-corrected chi connectivity index (χ0v) is 15.3. The first-order valence-corrected chi connectivity index (χ1v) is 9.13. The molecule has 0 fully saturated rings. The molecule has 0 amide bonds. The van der Waals surface area contributed by atoms with E-state index < -0.39 is 5.97 Å². The summed E-state index contributed by atoms with van der Waals surface area (Å²) in [6.45, 7) is 4.55. The van der Waals surface area contributed by atoms with Gasteiger partial charge < -0.3 is 14.4 Å². The fourth-order valence-corrected chi connectivity index (χ4v) is 3.40. The van der Waals surface area contributed by atoms with Crippen LogP contribution in [0.3, 0.4) is 0 Å². The number of hydrogen-bond acceptors (Lipinski definition) is 4. The molecule has 0 unspecified atom stereocenters. The molecular formula is C21H25NO4. The van der Waals surface area contributed by atoms with Crippen LogP contribution in [-0.4, -0.2) is 34.6 Å². The standard InChI is InChI=1S/C21H25NO4/c1-14(2)16-8-6-15(7-9-16)13-22-18-4-3-5-20(24)17(18)12-19(22)21(25)26-11-10-23/h6-9,12,14,23H,3-5,10-11,13H2,1-2H3. The van der Waals surface area contributed by atoms with E-state index in [-0.39, 0.29) is 19.0 Å². The Morgan fingerprint density at radius 2 is 1.96 bits per heavy atom. The number of esters is 1. The molecule has 0 spiro atoms. The molecule has 0 aliphatic heterocycles. The van der Waals surface area contributed by atoms with Crippen LogP contribution in [0, 0.1) is 0 Å². The summed E-state index contributed by atoms with van der Waals surface area (Å²) in [5.74, 6) is 0.0430. The van der Waals surface area contributed by atoms with Crippen molar-refractivity contribution in [2.45, 2.75) is 45.6 Å². The smallest absolute Gasteiger partial charge is 0.355 e. The number of ketones is 1. The third-order valence-corrected chi connectivity index (χ3v) is 4.85. The van der Waals surface area contributed by atoms with E-state index in [1.54, 1.807) is 6.07 Å². The molecule has 5 nitrogen and oxygen atoms in total. The SMILES string of the molecule is CC(C)c1ccc(Cn2c(C(=O)OCCO)cc3c2CCCC3=O)cc1. The van der Waals surface area contributed by atoms with Crippen LogP contribution < -0.4 is 0 Å². The van der Waals surface area contributed by atoms with Gasteiger partial charge in [-0.15, -0.1) is 0 Å². The fraction of sp³-hybridized carbons (Fsp3) is 0.429. The summed E-state index contributed by atoms with van der Waals surface area (Å²) in [4.78, 5) is 24.7. The number of aliphatic hydroxyl groups is 1. The van der Waals surface area contributed by atoms with Crippen LogP contribution in [0.2, 0.25) is 0 Å². The van der Waals surface area contributed by atoms with Gasteiger partial charge >= 0.3 is 5.97 Å². The van der Waals surface area contributed by atoms with E-state index in [2.05, 4.69) is 38.1 Å². The maximum absolute atomic E-state index is 12.4. The molecule has 5 heteroatoms. The number of Topliss-reactive ketones (excluding diaryl/α,β-unsaturated/α-hetero) is 1. The van der Waals surface area contributed by atoms with Gasteiger partial charge in [0.2, 0.25) is 0 Å². The van der Waals surface area contributed by atoms with E-state index in [1.165, 1.54) is 5.56 Å². The molecule has 26 heavy (non-hydrogen) atoms. The summed E-state index contributed by atoms with van der Waals surface area (Å²) >= 11 is 0. The van der Waals surface area contributed by atoms with Gasteiger partial charge in [-0.25, -0.2) is 4.79 Å². The highest BCUT2D eigenvalue weighted by atomic mass is 16.5. The molecule has 1 aliphatic rings. The molecule has 3 rings (SSSR count). The number of hydrogen-bond donors (Lipinski definition) is 1. The molecule has 0 saturated carbocycles. The first-order valence-electron chi connectivity index (χ1n) is 9.13. The molecule has 0 atom stereocenters. The topological polar surface area (TPSA) is 68.5 Å². The number of carbonyl (C=O) groups excluding carboxylic acids is 2. The molecule has 1 aromatic heterocycles. The lowest BCUT2D eigenvalue weighted by atomic mass is 9.96. The van der Waals surface area contributed by atoms with Gasteiger partial charge in [-0.3, -0.25) is 4.79 Å². The molecule has 1 aliphatic carbocycles. The highest BCUT2D eigenvalue weighted by molar-refractivity contribution is 6.01. The second-order valence-electron chi connectivity index (χ2n) is 7.01. The highest BCUT2D eigenvalue weighted by Gasteiger charge is 2.27. The van der Waals surface area contributed by atoms with Crippen LogP contribution in [0.4, 0.5) is 0 Å². The first kappa shape index (κ1) is 18.4. The van der Waals surface area contributed by atoms with Crippen molar-refractivity contribution in [1.29, 1.82) is 0 Å². The molecule has 1 N–H and O–H groups in total. The van der Waals surface area contributed by atoms with Crippen molar-refractivity contribution >= 4 is 11.8 Å². The van der Waals surface area contributed by atoms with Crippen molar-refractivity contribution in [3.05, 3.63) is 58.4 Å². The van der Waals surface area contributed by atoms with Gasteiger partial charge in [-0.1, -0.05) is 38.1 Å². The van der Waals surface area contributed by atoms with Crippen LogP contribution in [0.25, 0.3) is 0 Å². The third kappa shape index (κ3) is 3.73. The van der Waals surface area contributed by atoms with Gasteiger partial charge in [-0.05, 0) is 36.0 Å². The Hall–Kier alpha value is -2.40. The van der Waals surface area contributed by atoms with E-state index in [1.807, 2.05) is 4.57 Å². The number of ether oxygens (including phenoxy) is 1. The van der Waals surface area contributed by atoms with E-state index in [9.17, 15) is 9.59 Å². The van der Waals surface area contributed by atoms with Gasteiger partial charge in [0.05, 0.1) is 6.61 Å². The molecule has 2 aromatic rings. The van der Waals surface area contributed by atoms with Gasteiger partial charge in [0.25, 0.3) is 0 Å². The number of rotatable bonds is 6. The summed E-state index contributed by atoms with van der Waals surface area (Å²) < 4.78 is 7.00. The highest BCUT2D eigenvalue weighted by Crippen LogP contribution is 2.27. The van der Waals surface area contributed by atoms with Crippen molar-refractivity contribution in [2.24, 2.45) is 0 Å². The van der Waals surface area contributed by atoms with Gasteiger partial charge in [-0.2, -0.15) is 0 Å². The summed E-state index contributed by atoms with van der Waals surface area (Å²) in [5, 5.41) is 8.90. The second-order valence-corrected chi connectivity index (χ2v) is 7.01. The van der Waals surface area contributed by atoms with Gasteiger partial charge in [0, 0.05) is 24.2 Å². The third-order valence-electron chi connectivity index (χ3n) is 4.85. The summed E-state index contributed by atoms with van der Waals surface area (Å²) in [6, 6.07) is 9.99. The van der Waals surface area contributed by atoms with Crippen LogP contribution in [0.15, 0.2) is 30.3 Å². The predicted octanol–water partition coefficient (Wildman–Crippen LogP) is 3.33. The quantitative estimate of drug-likeness (QED) is 0.807. The van der Waals surface area contributed by atoms with E-state index in [0.717, 1.165) is 24.1 Å². The monoisotopic (exact) mass is 355 g/mol. The minimum absolute atomic E-state index is 0.0499. The normalized spacial score (nSPS) is 13.8. The maximum Gasteiger partial charge on any atom is 0.355 e. The minimum atomic E-state index is -0.500. The Morgan fingerprint density at radius 1 is 1.23 bits per heavy atom. The number of nitrogens with zero attached hydrogens (tertiary/aromatic N) is 1. The average molecular weight is 355 g/mol. The molecule has 0 radical (unpaired) electrons. The molecule has 0 bridgehead atoms. The lowest BCUT2D eigenvalue weighted by Crippen LogP contribution is -2.18. The zero-order chi connectivity index (χ0) is 18.7. The molecule has 0 saturated heterocycles. The predicted molar refractivity (Wildman–Crippen MR) is 98.7 cm³/mol. The Morgan fingerprint density at radius 3 is 2.62 bits per heavy atom. The molecule has 138 valence electrons. The fourth-order valence-electron chi connectivity index (χ4n) is 3.40. The Bertz CT molecular complexity index is 802. The number of carbonyl (C=O) groups is 2. The Kier molecular flexibility index (Phi) is 5.57. The molecule has 1 heterocycles. The number of aliphatic hydroxyl groups excluding tert-OH is 1. The lowest BCUT2D eigenvalue weighted by molar-refractivity contribution is 0.0421. The van der Waals surface area contributed by atoms with E-state index in [4.69, 9.17) is 9.84 Å². The average Bonchev–Trinajstić information content (AvgIpc) is 3.00. The van der Waals surface area contributed by atoms with E-state index in [0.29, 0.717) is 30.1 Å². The first-order chi connectivity index (χ1) is 12.5. The van der Waals surface area contributed by atoms with Crippen molar-refractivity contribution < 1.29 is 19.4 Å². The van der Waals surface area contributed by atoms with Crippen LogP contribution in [-0.2, 0) is 17.7 Å². The second kappa shape index (κ2) is 7.87. The number of benzene rings is 1. The zero-order valence-electron chi connectivity index (χ0n) is 15.3. The van der Waals surface area contributed by atoms with Crippen molar-refractivity contribution in [1.82, 2.24) is 4.57 Å². The number of fused-ring (bicyclic) bond motifs is 1.